The Morgan fingerprint density at radius 2 is 2.33 bits per heavy atom. The third-order valence-corrected chi connectivity index (χ3v) is 1.66. The zero-order valence-electron chi connectivity index (χ0n) is 6.45. The Kier molecular flexibility index (Phi) is 2.60. The Balaban J connectivity index is 3.20. The molecule has 1 aromatic rings. The summed E-state index contributed by atoms with van der Waals surface area (Å²) in [5.41, 5.74) is 0.453. The molecule has 4 nitrogen and oxygen atoms in total. The van der Waals surface area contributed by atoms with Crippen molar-refractivity contribution in [3.05, 3.63) is 33.1 Å². The Morgan fingerprint density at radius 3 is 2.83 bits per heavy atom. The van der Waals surface area contributed by atoms with Crippen LogP contribution in [-0.2, 0) is 6.42 Å². The number of rotatable bonds is 2. The molecule has 0 aliphatic heterocycles. The highest BCUT2D eigenvalue weighted by Crippen LogP contribution is 2.18. The molecule has 0 radical (unpaired) electrons. The lowest BCUT2D eigenvalue weighted by Crippen LogP contribution is -1.96. The van der Waals surface area contributed by atoms with Crippen molar-refractivity contribution in [3.63, 3.8) is 0 Å². The Labute approximate surface area is 74.3 Å². The van der Waals surface area contributed by atoms with E-state index in [-0.39, 0.29) is 10.8 Å². The SMILES string of the molecule is CCc1nc(Cl)ccc1[N+](=O)[O-]. The first-order chi connectivity index (χ1) is 5.65. The summed E-state index contributed by atoms with van der Waals surface area (Å²) in [4.78, 5) is 13.8. The summed E-state index contributed by atoms with van der Waals surface area (Å²) >= 11 is 5.57. The van der Waals surface area contributed by atoms with Gasteiger partial charge in [-0.2, -0.15) is 0 Å². The largest absolute Gasteiger partial charge is 0.290 e. The van der Waals surface area contributed by atoms with Crippen LogP contribution in [0.1, 0.15) is 12.6 Å². The molecule has 0 spiro atoms. The number of hydrogen-bond donors (Lipinski definition) is 0. The van der Waals surface area contributed by atoms with Crippen LogP contribution in [0.2, 0.25) is 5.15 Å². The fourth-order valence-corrected chi connectivity index (χ4v) is 1.06. The number of hydrogen-bond acceptors (Lipinski definition) is 3. The molecule has 0 bridgehead atoms. The molecule has 1 rings (SSSR count). The quantitative estimate of drug-likeness (QED) is 0.404. The Morgan fingerprint density at radius 1 is 1.67 bits per heavy atom. The summed E-state index contributed by atoms with van der Waals surface area (Å²) in [5, 5.41) is 10.7. The molecule has 0 saturated heterocycles. The first-order valence-corrected chi connectivity index (χ1v) is 3.82. The van der Waals surface area contributed by atoms with Crippen LogP contribution in [0.25, 0.3) is 0 Å². The molecular formula is C7H7ClN2O2. The van der Waals surface area contributed by atoms with Gasteiger partial charge in [-0.3, -0.25) is 10.1 Å². The average Bonchev–Trinajstić information content (AvgIpc) is 2.03. The maximum Gasteiger partial charge on any atom is 0.290 e. The number of aromatic nitrogens is 1. The van der Waals surface area contributed by atoms with Gasteiger partial charge in [-0.05, 0) is 12.5 Å². The molecule has 0 fully saturated rings. The molecule has 1 aromatic heterocycles. The lowest BCUT2D eigenvalue weighted by Gasteiger charge is -1.97. The van der Waals surface area contributed by atoms with Crippen molar-refractivity contribution in [1.29, 1.82) is 0 Å². The summed E-state index contributed by atoms with van der Waals surface area (Å²) in [6.45, 7) is 1.80. The highest BCUT2D eigenvalue weighted by Gasteiger charge is 2.12. The van der Waals surface area contributed by atoms with Gasteiger partial charge in [0.2, 0.25) is 0 Å². The first-order valence-electron chi connectivity index (χ1n) is 3.45. The Hall–Kier alpha value is -1.16. The molecular weight excluding hydrogens is 180 g/mol. The normalized spacial score (nSPS) is 9.83. The summed E-state index contributed by atoms with van der Waals surface area (Å²) in [6.07, 6.45) is 0.511. The smallest absolute Gasteiger partial charge is 0.258 e. The number of halogens is 1. The molecule has 0 aromatic carbocycles. The van der Waals surface area contributed by atoms with Crippen LogP contribution in [0.4, 0.5) is 5.69 Å². The minimum Gasteiger partial charge on any atom is -0.258 e. The third-order valence-electron chi connectivity index (χ3n) is 1.45. The van der Waals surface area contributed by atoms with Gasteiger partial charge in [0.1, 0.15) is 10.8 Å². The molecule has 0 unspecified atom stereocenters. The fraction of sp³-hybridized carbons (Fsp3) is 0.286. The van der Waals surface area contributed by atoms with Crippen molar-refractivity contribution in [3.8, 4) is 0 Å². The molecule has 0 N–H and O–H groups in total. The second-order valence-electron chi connectivity index (χ2n) is 2.21. The van der Waals surface area contributed by atoms with E-state index in [4.69, 9.17) is 11.6 Å². The zero-order valence-corrected chi connectivity index (χ0v) is 7.21. The molecule has 0 aliphatic rings. The maximum absolute atomic E-state index is 10.4. The van der Waals surface area contributed by atoms with E-state index in [2.05, 4.69) is 4.98 Å². The van der Waals surface area contributed by atoms with Crippen molar-refractivity contribution < 1.29 is 4.92 Å². The predicted molar refractivity (Wildman–Crippen MR) is 45.3 cm³/mol. The lowest BCUT2D eigenvalue weighted by atomic mass is 10.2. The summed E-state index contributed by atoms with van der Waals surface area (Å²) in [5.74, 6) is 0. The van der Waals surface area contributed by atoms with E-state index in [1.807, 2.05) is 0 Å². The van der Waals surface area contributed by atoms with Crippen molar-refractivity contribution in [1.82, 2.24) is 4.98 Å². The van der Waals surface area contributed by atoms with Gasteiger partial charge in [-0.15, -0.1) is 0 Å². The van der Waals surface area contributed by atoms with Gasteiger partial charge in [-0.25, -0.2) is 4.98 Å². The highest BCUT2D eigenvalue weighted by atomic mass is 35.5. The second-order valence-corrected chi connectivity index (χ2v) is 2.60. The van der Waals surface area contributed by atoms with E-state index in [1.54, 1.807) is 6.92 Å². The Bertz CT molecular complexity index is 314. The van der Waals surface area contributed by atoms with Crippen LogP contribution in [0, 0.1) is 10.1 Å². The van der Waals surface area contributed by atoms with Crippen LogP contribution in [-0.4, -0.2) is 9.91 Å². The van der Waals surface area contributed by atoms with E-state index in [9.17, 15) is 10.1 Å². The maximum atomic E-state index is 10.4. The van der Waals surface area contributed by atoms with E-state index in [0.29, 0.717) is 12.1 Å². The molecule has 12 heavy (non-hydrogen) atoms. The zero-order chi connectivity index (χ0) is 9.14. The standard InChI is InChI=1S/C7H7ClN2O2/c1-2-5-6(10(11)12)3-4-7(8)9-5/h3-4H,2H2,1H3. The monoisotopic (exact) mass is 186 g/mol. The van der Waals surface area contributed by atoms with E-state index < -0.39 is 4.92 Å². The van der Waals surface area contributed by atoms with Gasteiger partial charge >= 0.3 is 0 Å². The van der Waals surface area contributed by atoms with Crippen molar-refractivity contribution >= 4 is 17.3 Å². The second kappa shape index (κ2) is 3.49. The van der Waals surface area contributed by atoms with E-state index in [1.165, 1.54) is 12.1 Å². The minimum absolute atomic E-state index is 0.0295. The van der Waals surface area contributed by atoms with Crippen LogP contribution in [0.15, 0.2) is 12.1 Å². The van der Waals surface area contributed by atoms with E-state index >= 15 is 0 Å². The van der Waals surface area contributed by atoms with Gasteiger partial charge in [-0.1, -0.05) is 18.5 Å². The van der Waals surface area contributed by atoms with Crippen molar-refractivity contribution in [2.24, 2.45) is 0 Å². The van der Waals surface area contributed by atoms with Crippen LogP contribution in [0.3, 0.4) is 0 Å². The highest BCUT2D eigenvalue weighted by molar-refractivity contribution is 6.29. The topological polar surface area (TPSA) is 56.0 Å². The lowest BCUT2D eigenvalue weighted by molar-refractivity contribution is -0.385. The predicted octanol–water partition coefficient (Wildman–Crippen LogP) is 2.21. The molecule has 0 amide bonds. The number of pyridine rings is 1. The number of nitrogens with zero attached hydrogens (tertiary/aromatic N) is 2. The molecule has 1 heterocycles. The average molecular weight is 187 g/mol. The van der Waals surface area contributed by atoms with E-state index in [0.717, 1.165) is 0 Å². The molecule has 0 saturated carbocycles. The third kappa shape index (κ3) is 1.71. The molecule has 5 heteroatoms. The van der Waals surface area contributed by atoms with Crippen LogP contribution >= 0.6 is 11.6 Å². The molecule has 64 valence electrons. The van der Waals surface area contributed by atoms with Gasteiger partial charge in [0.15, 0.2) is 0 Å². The summed E-state index contributed by atoms with van der Waals surface area (Å²) in [7, 11) is 0. The van der Waals surface area contributed by atoms with Gasteiger partial charge in [0.05, 0.1) is 4.92 Å². The molecule has 0 atom stereocenters. The summed E-state index contributed by atoms with van der Waals surface area (Å²) in [6, 6.07) is 2.78. The van der Waals surface area contributed by atoms with Crippen molar-refractivity contribution in [2.45, 2.75) is 13.3 Å². The fourth-order valence-electron chi connectivity index (χ4n) is 0.894. The number of nitro groups is 1. The van der Waals surface area contributed by atoms with Gasteiger partial charge in [0, 0.05) is 6.07 Å². The minimum atomic E-state index is -0.456. The van der Waals surface area contributed by atoms with Crippen LogP contribution < -0.4 is 0 Å². The number of aryl methyl sites for hydroxylation is 1. The van der Waals surface area contributed by atoms with Crippen molar-refractivity contribution in [2.75, 3.05) is 0 Å². The first kappa shape index (κ1) is 8.93. The van der Waals surface area contributed by atoms with Gasteiger partial charge < -0.3 is 0 Å². The molecule has 0 aliphatic carbocycles. The van der Waals surface area contributed by atoms with Crippen LogP contribution in [0.5, 0.6) is 0 Å². The van der Waals surface area contributed by atoms with Gasteiger partial charge in [0.25, 0.3) is 5.69 Å². The summed E-state index contributed by atoms with van der Waals surface area (Å²) < 4.78 is 0.